The summed E-state index contributed by atoms with van der Waals surface area (Å²) in [5.74, 6) is -2.42. The molecule has 1 N–H and O–H groups in total. The van der Waals surface area contributed by atoms with Gasteiger partial charge in [-0.2, -0.15) is 0 Å². The molecule has 2 unspecified atom stereocenters. The molecule has 0 saturated heterocycles. The zero-order valence-electron chi connectivity index (χ0n) is 22.5. The van der Waals surface area contributed by atoms with Gasteiger partial charge >= 0.3 is 0 Å². The number of hydrogen-bond donors (Lipinski definition) is 1. The van der Waals surface area contributed by atoms with Crippen molar-refractivity contribution in [2.45, 2.75) is 50.9 Å². The predicted octanol–water partition coefficient (Wildman–Crippen LogP) is 4.37. The first-order chi connectivity index (χ1) is 19.2. The molecule has 3 heterocycles. The van der Waals surface area contributed by atoms with Crippen LogP contribution in [-0.2, 0) is 25.1 Å². The van der Waals surface area contributed by atoms with Crippen LogP contribution in [0.15, 0.2) is 65.5 Å². The van der Waals surface area contributed by atoms with E-state index in [1.165, 1.54) is 6.07 Å². The lowest BCUT2D eigenvalue weighted by Crippen LogP contribution is -2.45. The Hall–Kier alpha value is -4.11. The Kier molecular flexibility index (Phi) is 7.67. The number of nitrogens with one attached hydrogen (secondary N) is 1. The number of nitrogens with zero attached hydrogens (tertiary/aromatic N) is 2. The van der Waals surface area contributed by atoms with E-state index in [0.717, 1.165) is 17.7 Å². The third kappa shape index (κ3) is 5.09. The Morgan fingerprint density at radius 2 is 1.98 bits per heavy atom. The van der Waals surface area contributed by atoms with Gasteiger partial charge in [-0.1, -0.05) is 48.6 Å². The van der Waals surface area contributed by atoms with Crippen molar-refractivity contribution in [2.24, 2.45) is 0 Å². The number of halogens is 2. The van der Waals surface area contributed by atoms with Gasteiger partial charge in [0.2, 0.25) is 5.43 Å². The van der Waals surface area contributed by atoms with Crippen LogP contribution >= 0.6 is 0 Å². The van der Waals surface area contributed by atoms with Crippen LogP contribution in [0.5, 0.6) is 5.75 Å². The highest BCUT2D eigenvalue weighted by Crippen LogP contribution is 2.41. The number of ether oxygens (including phenoxy) is 1. The van der Waals surface area contributed by atoms with Crippen LogP contribution in [0.25, 0.3) is 0 Å². The van der Waals surface area contributed by atoms with Crippen molar-refractivity contribution in [1.29, 1.82) is 0 Å². The fraction of sp³-hybridized carbons (Fsp3) is 0.323. The van der Waals surface area contributed by atoms with Crippen molar-refractivity contribution in [3.63, 3.8) is 0 Å². The number of benzene rings is 2. The van der Waals surface area contributed by atoms with E-state index in [-0.39, 0.29) is 41.8 Å². The smallest absolute Gasteiger partial charge is 0.257 e. The second-order valence-electron chi connectivity index (χ2n) is 10.5. The average Bonchev–Trinajstić information content (AvgIpc) is 3.21. The van der Waals surface area contributed by atoms with Crippen LogP contribution in [0.1, 0.15) is 57.4 Å². The van der Waals surface area contributed by atoms with E-state index in [1.54, 1.807) is 0 Å². The summed E-state index contributed by atoms with van der Waals surface area (Å²) in [5, 5.41) is 2.62. The molecular weight excluding hydrogens is 516 g/mol. The van der Waals surface area contributed by atoms with Crippen molar-refractivity contribution in [3.05, 3.63) is 111 Å². The van der Waals surface area contributed by atoms with Gasteiger partial charge in [-0.15, -0.1) is 0 Å². The normalized spacial score (nSPS) is 20.2. The number of likely N-dealkylation sites (N-methyl/N-ethyl adjacent to an activating group) is 1. The Morgan fingerprint density at radius 3 is 2.70 bits per heavy atom. The molecule has 5 rings (SSSR count). The minimum absolute atomic E-state index is 0.0297. The molecular formula is C31H31F2N3O4. The van der Waals surface area contributed by atoms with Gasteiger partial charge < -0.3 is 14.6 Å². The van der Waals surface area contributed by atoms with Crippen molar-refractivity contribution < 1.29 is 23.1 Å². The van der Waals surface area contributed by atoms with Crippen LogP contribution in [0.4, 0.5) is 8.78 Å². The summed E-state index contributed by atoms with van der Waals surface area (Å²) in [6, 6.07) is 12.5. The van der Waals surface area contributed by atoms with E-state index < -0.39 is 28.5 Å². The van der Waals surface area contributed by atoms with Gasteiger partial charge in [0.25, 0.3) is 5.91 Å². The number of fused-ring (bicyclic) bond motifs is 2. The highest BCUT2D eigenvalue weighted by atomic mass is 19.1. The fourth-order valence-corrected chi connectivity index (χ4v) is 5.75. The summed E-state index contributed by atoms with van der Waals surface area (Å²) in [6.07, 6.45) is 6.44. The molecule has 3 aromatic rings. The van der Waals surface area contributed by atoms with Gasteiger partial charge in [0.15, 0.2) is 12.0 Å². The number of carbonyl (C=O) groups is 2. The summed E-state index contributed by atoms with van der Waals surface area (Å²) in [6.45, 7) is 2.46. The van der Waals surface area contributed by atoms with Gasteiger partial charge in [-0.05, 0) is 44.9 Å². The molecule has 208 valence electrons. The van der Waals surface area contributed by atoms with Crippen molar-refractivity contribution in [2.75, 3.05) is 13.6 Å². The molecule has 40 heavy (non-hydrogen) atoms. The van der Waals surface area contributed by atoms with Crippen molar-refractivity contribution >= 4 is 12.2 Å². The molecule has 1 amide bonds. The molecule has 0 fully saturated rings. The number of pyridine rings is 1. The number of carbonyl (C=O) groups excluding carboxylic acids is 2. The molecule has 0 aliphatic carbocycles. The average molecular weight is 548 g/mol. The van der Waals surface area contributed by atoms with E-state index in [2.05, 4.69) is 29.3 Å². The molecule has 2 atom stereocenters. The number of aromatic nitrogens is 1. The third-order valence-electron chi connectivity index (χ3n) is 7.94. The number of aldehydes is 1. The first-order valence-corrected chi connectivity index (χ1v) is 13.3. The molecule has 1 aromatic heterocycles. The maximum atomic E-state index is 14.2. The zero-order valence-corrected chi connectivity index (χ0v) is 22.5. The van der Waals surface area contributed by atoms with Crippen molar-refractivity contribution in [3.8, 4) is 5.75 Å². The first-order valence-electron chi connectivity index (χ1n) is 13.3. The van der Waals surface area contributed by atoms with E-state index in [1.807, 2.05) is 41.9 Å². The number of hydrogen-bond acceptors (Lipinski definition) is 5. The maximum Gasteiger partial charge on any atom is 0.257 e. The van der Waals surface area contributed by atoms with E-state index in [4.69, 9.17) is 4.74 Å². The van der Waals surface area contributed by atoms with Gasteiger partial charge in [0.05, 0.1) is 5.54 Å². The van der Waals surface area contributed by atoms with E-state index in [0.29, 0.717) is 37.8 Å². The van der Waals surface area contributed by atoms with Crippen LogP contribution in [0.2, 0.25) is 0 Å². The quantitative estimate of drug-likeness (QED) is 0.351. The highest BCUT2D eigenvalue weighted by molar-refractivity contribution is 5.96. The summed E-state index contributed by atoms with van der Waals surface area (Å²) >= 11 is 0. The largest absolute Gasteiger partial charge is 0.483 e. The van der Waals surface area contributed by atoms with Crippen LogP contribution in [0, 0.1) is 11.6 Å². The second-order valence-corrected chi connectivity index (χ2v) is 10.5. The molecule has 9 heteroatoms. The SMILES string of the molecule is CC1C=CCC2(CCc3c(C(=O)NCc4ccc(F)cc4F)c(=O)c(OCc4ccccc4)c(C=O)n32)CN1C. The van der Waals surface area contributed by atoms with E-state index >= 15 is 0 Å². The van der Waals surface area contributed by atoms with Gasteiger partial charge in [0.1, 0.15) is 29.5 Å². The van der Waals surface area contributed by atoms with Gasteiger partial charge in [-0.25, -0.2) is 8.78 Å². The number of rotatable bonds is 7. The maximum absolute atomic E-state index is 14.2. The first kappa shape index (κ1) is 27.5. The second kappa shape index (κ2) is 11.2. The molecule has 0 bridgehead atoms. The molecule has 2 aromatic carbocycles. The highest BCUT2D eigenvalue weighted by Gasteiger charge is 2.44. The Bertz CT molecular complexity index is 1540. The van der Waals surface area contributed by atoms with E-state index in [9.17, 15) is 23.2 Å². The summed E-state index contributed by atoms with van der Waals surface area (Å²) in [5.41, 5.74) is 0.0400. The molecule has 1 spiro atoms. The Morgan fingerprint density at radius 1 is 1.20 bits per heavy atom. The van der Waals surface area contributed by atoms with Gasteiger partial charge in [0, 0.05) is 36.5 Å². The monoisotopic (exact) mass is 547 g/mol. The summed E-state index contributed by atoms with van der Waals surface area (Å²) in [7, 11) is 2.00. The van der Waals surface area contributed by atoms with Crippen LogP contribution in [0.3, 0.4) is 0 Å². The molecule has 2 aliphatic heterocycles. The molecule has 0 saturated carbocycles. The Balaban J connectivity index is 1.60. The minimum Gasteiger partial charge on any atom is -0.483 e. The lowest BCUT2D eigenvalue weighted by molar-refractivity contribution is 0.0944. The molecule has 7 nitrogen and oxygen atoms in total. The lowest BCUT2D eigenvalue weighted by Gasteiger charge is -2.37. The summed E-state index contributed by atoms with van der Waals surface area (Å²) < 4.78 is 35.4. The minimum atomic E-state index is -0.799. The number of allylic oxidation sites excluding steroid dienone is 1. The lowest BCUT2D eigenvalue weighted by atomic mass is 9.92. The Labute approximate surface area is 231 Å². The van der Waals surface area contributed by atoms with Crippen LogP contribution < -0.4 is 15.5 Å². The number of amides is 1. The fourth-order valence-electron chi connectivity index (χ4n) is 5.75. The topological polar surface area (TPSA) is 80.6 Å². The van der Waals surface area contributed by atoms with Gasteiger partial charge in [-0.3, -0.25) is 19.3 Å². The zero-order chi connectivity index (χ0) is 28.4. The predicted molar refractivity (Wildman–Crippen MR) is 147 cm³/mol. The molecule has 0 radical (unpaired) electrons. The van der Waals surface area contributed by atoms with Crippen molar-refractivity contribution in [1.82, 2.24) is 14.8 Å². The van der Waals surface area contributed by atoms with Crippen LogP contribution in [-0.4, -0.2) is 41.3 Å². The standard InChI is InChI=1S/C31H31F2N3O4/c1-20-7-6-13-31(19-35(20)2)14-12-25-27(30(39)34-16-22-10-11-23(32)15-24(22)33)28(38)29(26(17-37)36(25)31)40-18-21-8-4-3-5-9-21/h3-11,15,17,20H,12-14,16,18-19H2,1-2H3,(H,34,39). The third-order valence-corrected chi connectivity index (χ3v) is 7.94. The molecule has 2 aliphatic rings. The summed E-state index contributed by atoms with van der Waals surface area (Å²) in [4.78, 5) is 42.2.